The lowest BCUT2D eigenvalue weighted by molar-refractivity contribution is -0.116. The molecule has 0 atom stereocenters. The largest absolute Gasteiger partial charge is 0.324 e. The highest BCUT2D eigenvalue weighted by Crippen LogP contribution is 2.23. The summed E-state index contributed by atoms with van der Waals surface area (Å²) in [6.07, 6.45) is 3.34. The fourth-order valence-corrected chi connectivity index (χ4v) is 4.02. The van der Waals surface area contributed by atoms with Gasteiger partial charge in [0, 0.05) is 29.7 Å². The molecule has 3 aromatic heterocycles. The molecule has 0 aliphatic heterocycles. The Kier molecular flexibility index (Phi) is 4.78. The third kappa shape index (κ3) is 3.33. The maximum absolute atomic E-state index is 13.1. The highest BCUT2D eigenvalue weighted by molar-refractivity contribution is 5.94. The van der Waals surface area contributed by atoms with Crippen LogP contribution in [0.4, 0.5) is 5.69 Å². The quantitative estimate of drug-likeness (QED) is 0.474. The molecule has 0 aliphatic carbocycles. The summed E-state index contributed by atoms with van der Waals surface area (Å²) in [5.74, 6) is 0.223. The Morgan fingerprint density at radius 3 is 2.44 bits per heavy atom. The number of benzene rings is 2. The first-order chi connectivity index (χ1) is 15.5. The second-order valence-electron chi connectivity index (χ2n) is 7.75. The molecule has 0 spiro atoms. The number of aromatic nitrogens is 4. The number of carbonyl (C=O) groups is 1. The van der Waals surface area contributed by atoms with E-state index in [1.807, 2.05) is 62.4 Å². The van der Waals surface area contributed by atoms with E-state index < -0.39 is 0 Å². The minimum atomic E-state index is -0.209. The smallest absolute Gasteiger partial charge is 0.260 e. The van der Waals surface area contributed by atoms with Gasteiger partial charge in [-0.05, 0) is 49.2 Å². The Morgan fingerprint density at radius 1 is 0.969 bits per heavy atom. The Labute approximate surface area is 184 Å². The van der Waals surface area contributed by atoms with Gasteiger partial charge in [0.2, 0.25) is 11.7 Å². The van der Waals surface area contributed by atoms with Crippen LogP contribution in [0.25, 0.3) is 28.1 Å². The molecular weight excluding hydrogens is 402 g/mol. The van der Waals surface area contributed by atoms with E-state index in [1.54, 1.807) is 27.4 Å². The van der Waals surface area contributed by atoms with Crippen molar-refractivity contribution in [1.29, 1.82) is 0 Å². The average molecular weight is 423 g/mol. The number of nitrogens with one attached hydrogen (secondary N) is 1. The fourth-order valence-electron chi connectivity index (χ4n) is 4.02. The number of imidazole rings is 1. The number of nitrogens with zero attached hydrogens (tertiary/aromatic N) is 4. The topological polar surface area (TPSA) is 81.3 Å². The number of hydrogen-bond acceptors (Lipinski definition) is 4. The lowest BCUT2D eigenvalue weighted by Gasteiger charge is -2.12. The molecule has 0 saturated heterocycles. The van der Waals surface area contributed by atoms with E-state index in [-0.39, 0.29) is 18.0 Å². The number of hydrogen-bond donors (Lipinski definition) is 1. The van der Waals surface area contributed by atoms with Gasteiger partial charge in [-0.1, -0.05) is 30.3 Å². The van der Waals surface area contributed by atoms with Crippen LogP contribution in [0, 0.1) is 13.8 Å². The number of pyridine rings is 1. The standard InChI is InChI=1S/C25H21N5O2/c1-16-7-5-8-17(2)24(16)28-22(31)15-29-20-10-3-4-11-21(20)30-23(32)13-19(27-25(29)30)18-9-6-12-26-14-18/h3-14H,15H2,1-2H3,(H,28,31). The fraction of sp³-hybridized carbons (Fsp3) is 0.120. The lowest BCUT2D eigenvalue weighted by atomic mass is 10.1. The Morgan fingerprint density at radius 2 is 1.72 bits per heavy atom. The van der Waals surface area contributed by atoms with Gasteiger partial charge in [-0.25, -0.2) is 9.38 Å². The molecule has 0 radical (unpaired) electrons. The van der Waals surface area contributed by atoms with E-state index in [4.69, 9.17) is 4.98 Å². The predicted molar refractivity (Wildman–Crippen MR) is 125 cm³/mol. The maximum atomic E-state index is 13.1. The first kappa shape index (κ1) is 19.7. The van der Waals surface area contributed by atoms with Crippen molar-refractivity contribution in [1.82, 2.24) is 18.9 Å². The Balaban J connectivity index is 1.65. The summed E-state index contributed by atoms with van der Waals surface area (Å²) in [4.78, 5) is 35.0. The summed E-state index contributed by atoms with van der Waals surface area (Å²) in [6.45, 7) is 3.95. The molecule has 0 fully saturated rings. The van der Waals surface area contributed by atoms with Gasteiger partial charge in [0.25, 0.3) is 5.56 Å². The van der Waals surface area contributed by atoms with Crippen LogP contribution < -0.4 is 10.9 Å². The molecule has 0 bridgehead atoms. The zero-order valence-corrected chi connectivity index (χ0v) is 17.7. The lowest BCUT2D eigenvalue weighted by Crippen LogP contribution is -2.21. The molecule has 2 aromatic carbocycles. The van der Waals surface area contributed by atoms with Crippen molar-refractivity contribution < 1.29 is 4.79 Å². The van der Waals surface area contributed by atoms with Crippen molar-refractivity contribution in [2.75, 3.05) is 5.32 Å². The molecule has 5 rings (SSSR count). The third-order valence-corrected chi connectivity index (χ3v) is 5.56. The number of anilines is 1. The number of para-hydroxylation sites is 3. The summed E-state index contributed by atoms with van der Waals surface area (Å²) >= 11 is 0. The minimum absolute atomic E-state index is 0.0215. The number of fused-ring (bicyclic) bond motifs is 3. The van der Waals surface area contributed by atoms with Crippen molar-refractivity contribution in [3.63, 3.8) is 0 Å². The van der Waals surface area contributed by atoms with Gasteiger partial charge >= 0.3 is 0 Å². The highest BCUT2D eigenvalue weighted by atomic mass is 16.2. The second kappa shape index (κ2) is 7.77. The SMILES string of the molecule is Cc1cccc(C)c1NC(=O)Cn1c2ccccc2n2c(=O)cc(-c3cccnc3)nc12. The van der Waals surface area contributed by atoms with E-state index in [9.17, 15) is 9.59 Å². The number of rotatable bonds is 4. The van der Waals surface area contributed by atoms with Crippen molar-refractivity contribution in [2.24, 2.45) is 0 Å². The van der Waals surface area contributed by atoms with Crippen LogP contribution in [-0.4, -0.2) is 24.8 Å². The van der Waals surface area contributed by atoms with Gasteiger partial charge in [0.1, 0.15) is 6.54 Å². The number of amides is 1. The second-order valence-corrected chi connectivity index (χ2v) is 7.75. The molecule has 7 nitrogen and oxygen atoms in total. The molecule has 7 heteroatoms. The van der Waals surface area contributed by atoms with Crippen LogP contribution in [0.15, 0.2) is 77.9 Å². The average Bonchev–Trinajstić information content (AvgIpc) is 3.11. The van der Waals surface area contributed by atoms with Crippen LogP contribution in [-0.2, 0) is 11.3 Å². The molecule has 3 heterocycles. The van der Waals surface area contributed by atoms with E-state index in [1.165, 1.54) is 6.07 Å². The summed E-state index contributed by atoms with van der Waals surface area (Å²) in [6, 6.07) is 18.5. The van der Waals surface area contributed by atoms with Gasteiger partial charge in [-0.15, -0.1) is 0 Å². The van der Waals surface area contributed by atoms with Crippen molar-refractivity contribution in [3.05, 3.63) is 94.5 Å². The third-order valence-electron chi connectivity index (χ3n) is 5.56. The van der Waals surface area contributed by atoms with Crippen molar-refractivity contribution in [3.8, 4) is 11.3 Å². The zero-order valence-electron chi connectivity index (χ0n) is 17.7. The zero-order chi connectivity index (χ0) is 22.2. The first-order valence-electron chi connectivity index (χ1n) is 10.3. The summed E-state index contributed by atoms with van der Waals surface area (Å²) in [5, 5.41) is 3.02. The molecule has 0 saturated carbocycles. The summed E-state index contributed by atoms with van der Waals surface area (Å²) in [7, 11) is 0. The molecule has 1 N–H and O–H groups in total. The van der Waals surface area contributed by atoms with Crippen LogP contribution in [0.1, 0.15) is 11.1 Å². The molecule has 0 aliphatic rings. The molecule has 5 aromatic rings. The van der Waals surface area contributed by atoms with Gasteiger partial charge in [-0.2, -0.15) is 0 Å². The van der Waals surface area contributed by atoms with Crippen molar-refractivity contribution in [2.45, 2.75) is 20.4 Å². The molecule has 0 unspecified atom stereocenters. The van der Waals surface area contributed by atoms with E-state index in [0.29, 0.717) is 17.0 Å². The molecule has 1 amide bonds. The Bertz CT molecular complexity index is 1510. The van der Waals surface area contributed by atoms with E-state index in [2.05, 4.69) is 10.3 Å². The van der Waals surface area contributed by atoms with Gasteiger partial charge in [0.15, 0.2) is 0 Å². The van der Waals surface area contributed by atoms with E-state index in [0.717, 1.165) is 27.9 Å². The van der Waals surface area contributed by atoms with Crippen LogP contribution >= 0.6 is 0 Å². The summed E-state index contributed by atoms with van der Waals surface area (Å²) < 4.78 is 3.32. The Hall–Kier alpha value is -4.26. The monoisotopic (exact) mass is 423 g/mol. The predicted octanol–water partition coefficient (Wildman–Crippen LogP) is 3.97. The van der Waals surface area contributed by atoms with E-state index >= 15 is 0 Å². The highest BCUT2D eigenvalue weighted by Gasteiger charge is 2.18. The first-order valence-corrected chi connectivity index (χ1v) is 10.3. The normalized spacial score (nSPS) is 11.2. The maximum Gasteiger partial charge on any atom is 0.260 e. The van der Waals surface area contributed by atoms with Gasteiger partial charge < -0.3 is 9.88 Å². The molecular formula is C25H21N5O2. The molecule has 32 heavy (non-hydrogen) atoms. The summed E-state index contributed by atoms with van der Waals surface area (Å²) in [5.41, 5.74) is 5.31. The minimum Gasteiger partial charge on any atom is -0.324 e. The van der Waals surface area contributed by atoms with Crippen molar-refractivity contribution >= 4 is 28.4 Å². The van der Waals surface area contributed by atoms with Crippen LogP contribution in [0.5, 0.6) is 0 Å². The van der Waals surface area contributed by atoms with Gasteiger partial charge in [0.05, 0.1) is 16.7 Å². The van der Waals surface area contributed by atoms with Crippen LogP contribution in [0.3, 0.4) is 0 Å². The number of aryl methyl sites for hydroxylation is 2. The van der Waals surface area contributed by atoms with Crippen LogP contribution in [0.2, 0.25) is 0 Å². The molecule has 158 valence electrons. The van der Waals surface area contributed by atoms with Gasteiger partial charge in [-0.3, -0.25) is 14.6 Å². The number of carbonyl (C=O) groups excluding carboxylic acids is 1.